The zero-order valence-electron chi connectivity index (χ0n) is 15.0. The molecule has 3 rings (SSSR count). The second kappa shape index (κ2) is 9.04. The predicted octanol–water partition coefficient (Wildman–Crippen LogP) is 6.04. The Morgan fingerprint density at radius 1 is 1.00 bits per heavy atom. The largest absolute Gasteiger partial charge is 0.505 e. The number of phenolic OH excluding ortho intramolecular Hbond substituents is 1. The quantitative estimate of drug-likeness (QED) is 0.456. The summed E-state index contributed by atoms with van der Waals surface area (Å²) in [5, 5.41) is 13.2. The third-order valence-electron chi connectivity index (χ3n) is 4.11. The summed E-state index contributed by atoms with van der Waals surface area (Å²) < 4.78 is 25.2. The molecule has 0 saturated carbocycles. The molecule has 2 N–H and O–H groups in total. The Hall–Kier alpha value is -2.63. The topological polar surface area (TPSA) is 50.7 Å². The molecule has 146 valence electrons. The molecule has 0 fully saturated rings. The molecular weight excluding hydrogens is 404 g/mol. The number of para-hydroxylation sites is 1. The summed E-state index contributed by atoms with van der Waals surface area (Å²) in [5.74, 6) is 0.559. The molecule has 0 saturated heterocycles. The van der Waals surface area contributed by atoms with Crippen LogP contribution >= 0.6 is 23.2 Å². The van der Waals surface area contributed by atoms with E-state index >= 15 is 0 Å². The first-order valence-electron chi connectivity index (χ1n) is 8.43. The summed E-state index contributed by atoms with van der Waals surface area (Å²) in [6.45, 7) is 0.443. The van der Waals surface area contributed by atoms with Gasteiger partial charge in [0.2, 0.25) is 0 Å². The molecular formula is C21H18Cl2FNO3. The summed E-state index contributed by atoms with van der Waals surface area (Å²) in [6.07, 6.45) is 0. The van der Waals surface area contributed by atoms with E-state index < -0.39 is 0 Å². The fourth-order valence-corrected chi connectivity index (χ4v) is 3.14. The van der Waals surface area contributed by atoms with E-state index in [2.05, 4.69) is 5.32 Å². The first kappa shape index (κ1) is 20.1. The minimum Gasteiger partial charge on any atom is -0.505 e. The highest BCUT2D eigenvalue weighted by Gasteiger charge is 2.13. The third-order valence-corrected chi connectivity index (χ3v) is 4.69. The number of phenols is 1. The number of nitrogens with one attached hydrogen (secondary N) is 1. The zero-order valence-corrected chi connectivity index (χ0v) is 16.5. The zero-order chi connectivity index (χ0) is 20.1. The lowest BCUT2D eigenvalue weighted by atomic mass is 10.1. The summed E-state index contributed by atoms with van der Waals surface area (Å²) in [4.78, 5) is 0. The van der Waals surface area contributed by atoms with Crippen LogP contribution in [0.5, 0.6) is 17.2 Å². The van der Waals surface area contributed by atoms with E-state index in [0.29, 0.717) is 29.3 Å². The minimum absolute atomic E-state index is 0.0664. The van der Waals surface area contributed by atoms with Crippen molar-refractivity contribution < 1.29 is 19.0 Å². The Balaban J connectivity index is 1.80. The maximum atomic E-state index is 13.9. The Morgan fingerprint density at radius 3 is 2.36 bits per heavy atom. The van der Waals surface area contributed by atoms with Crippen LogP contribution in [0, 0.1) is 5.82 Å². The van der Waals surface area contributed by atoms with E-state index in [0.717, 1.165) is 5.56 Å². The van der Waals surface area contributed by atoms with Crippen molar-refractivity contribution in [1.82, 2.24) is 0 Å². The van der Waals surface area contributed by atoms with Crippen LogP contribution in [0.3, 0.4) is 0 Å². The van der Waals surface area contributed by atoms with Gasteiger partial charge in [-0.25, -0.2) is 4.39 Å². The smallest absolute Gasteiger partial charge is 0.166 e. The Kier molecular flexibility index (Phi) is 6.49. The normalized spacial score (nSPS) is 10.6. The first-order valence-corrected chi connectivity index (χ1v) is 9.19. The predicted molar refractivity (Wildman–Crippen MR) is 109 cm³/mol. The third kappa shape index (κ3) is 4.61. The number of ether oxygens (including phenoxy) is 2. The number of hydrogen-bond donors (Lipinski definition) is 2. The SMILES string of the molecule is COc1cccc(CNc2cc(Cl)c(O)c(Cl)c2)c1OCc1ccccc1F. The molecule has 0 atom stereocenters. The van der Waals surface area contributed by atoms with Crippen molar-refractivity contribution in [3.63, 3.8) is 0 Å². The van der Waals surface area contributed by atoms with Gasteiger partial charge in [-0.1, -0.05) is 53.5 Å². The molecule has 4 nitrogen and oxygen atoms in total. The van der Waals surface area contributed by atoms with Crippen molar-refractivity contribution >= 4 is 28.9 Å². The summed E-state index contributed by atoms with van der Waals surface area (Å²) in [5.41, 5.74) is 1.89. The molecule has 0 aliphatic carbocycles. The summed E-state index contributed by atoms with van der Waals surface area (Å²) >= 11 is 11.9. The summed E-state index contributed by atoms with van der Waals surface area (Å²) in [7, 11) is 1.54. The second-order valence-corrected chi connectivity index (χ2v) is 6.79. The van der Waals surface area contributed by atoms with Crippen molar-refractivity contribution in [3.8, 4) is 17.2 Å². The van der Waals surface area contributed by atoms with Crippen LogP contribution in [0.15, 0.2) is 54.6 Å². The van der Waals surface area contributed by atoms with Crippen LogP contribution in [-0.4, -0.2) is 12.2 Å². The molecule has 0 radical (unpaired) electrons. The van der Waals surface area contributed by atoms with E-state index in [1.807, 2.05) is 12.1 Å². The molecule has 0 unspecified atom stereocenters. The van der Waals surface area contributed by atoms with E-state index in [9.17, 15) is 9.50 Å². The van der Waals surface area contributed by atoms with Gasteiger partial charge in [0.25, 0.3) is 0 Å². The molecule has 0 bridgehead atoms. The number of aromatic hydroxyl groups is 1. The molecule has 0 spiro atoms. The number of benzene rings is 3. The highest BCUT2D eigenvalue weighted by atomic mass is 35.5. The molecule has 0 heterocycles. The van der Waals surface area contributed by atoms with Crippen molar-refractivity contribution in [2.75, 3.05) is 12.4 Å². The highest BCUT2D eigenvalue weighted by Crippen LogP contribution is 2.36. The van der Waals surface area contributed by atoms with Crippen molar-refractivity contribution in [2.24, 2.45) is 0 Å². The average molecular weight is 422 g/mol. The van der Waals surface area contributed by atoms with E-state index in [4.69, 9.17) is 32.7 Å². The van der Waals surface area contributed by atoms with Gasteiger partial charge >= 0.3 is 0 Å². The van der Waals surface area contributed by atoms with Crippen molar-refractivity contribution in [3.05, 3.63) is 81.6 Å². The van der Waals surface area contributed by atoms with Gasteiger partial charge in [-0.15, -0.1) is 0 Å². The Bertz CT molecular complexity index is 959. The van der Waals surface area contributed by atoms with Crippen molar-refractivity contribution in [2.45, 2.75) is 13.2 Å². The average Bonchev–Trinajstić information content (AvgIpc) is 2.69. The lowest BCUT2D eigenvalue weighted by molar-refractivity contribution is 0.277. The fourth-order valence-electron chi connectivity index (χ4n) is 2.66. The van der Waals surface area contributed by atoms with Gasteiger partial charge in [0.1, 0.15) is 12.4 Å². The summed E-state index contributed by atoms with van der Waals surface area (Å²) in [6, 6.07) is 15.1. The molecule has 0 aromatic heterocycles. The van der Waals surface area contributed by atoms with Gasteiger partial charge < -0.3 is 19.9 Å². The van der Waals surface area contributed by atoms with Crippen LogP contribution < -0.4 is 14.8 Å². The van der Waals surface area contributed by atoms with Crippen molar-refractivity contribution in [1.29, 1.82) is 0 Å². The molecule has 3 aromatic carbocycles. The van der Waals surface area contributed by atoms with E-state index in [-0.39, 0.29) is 28.2 Å². The highest BCUT2D eigenvalue weighted by molar-refractivity contribution is 6.37. The van der Waals surface area contributed by atoms with Gasteiger partial charge in [0.05, 0.1) is 17.2 Å². The number of rotatable bonds is 7. The number of halogens is 3. The lowest BCUT2D eigenvalue weighted by Gasteiger charge is -2.16. The van der Waals surface area contributed by atoms with Gasteiger partial charge in [-0.2, -0.15) is 0 Å². The fraction of sp³-hybridized carbons (Fsp3) is 0.143. The first-order chi connectivity index (χ1) is 13.5. The van der Waals surface area contributed by atoms with Crippen LogP contribution in [-0.2, 0) is 13.2 Å². The van der Waals surface area contributed by atoms with Gasteiger partial charge in [-0.05, 0) is 24.3 Å². The standard InChI is InChI=1S/C21H18Cl2FNO3/c1-27-19-8-4-6-13(11-25-15-9-16(22)20(26)17(23)10-15)21(19)28-12-14-5-2-3-7-18(14)24/h2-10,25-26H,11-12H2,1H3. The molecule has 3 aromatic rings. The lowest BCUT2D eigenvalue weighted by Crippen LogP contribution is -2.06. The van der Waals surface area contributed by atoms with E-state index in [1.165, 1.54) is 6.07 Å². The number of anilines is 1. The number of hydrogen-bond acceptors (Lipinski definition) is 4. The maximum Gasteiger partial charge on any atom is 0.166 e. The van der Waals surface area contributed by atoms with Crippen LogP contribution in [0.4, 0.5) is 10.1 Å². The minimum atomic E-state index is -0.328. The van der Waals surface area contributed by atoms with Crippen LogP contribution in [0.25, 0.3) is 0 Å². The van der Waals surface area contributed by atoms with Gasteiger partial charge in [0, 0.05) is 23.4 Å². The molecule has 7 heteroatoms. The van der Waals surface area contributed by atoms with Gasteiger partial charge in [-0.3, -0.25) is 0 Å². The van der Waals surface area contributed by atoms with Crippen LogP contribution in [0.2, 0.25) is 10.0 Å². The van der Waals surface area contributed by atoms with Gasteiger partial charge in [0.15, 0.2) is 17.2 Å². The molecule has 0 amide bonds. The second-order valence-electron chi connectivity index (χ2n) is 5.97. The molecule has 28 heavy (non-hydrogen) atoms. The molecule has 0 aliphatic rings. The maximum absolute atomic E-state index is 13.9. The Morgan fingerprint density at radius 2 is 1.68 bits per heavy atom. The molecule has 0 aliphatic heterocycles. The monoisotopic (exact) mass is 421 g/mol. The van der Waals surface area contributed by atoms with Crippen LogP contribution in [0.1, 0.15) is 11.1 Å². The van der Waals surface area contributed by atoms with E-state index in [1.54, 1.807) is 43.5 Å². The number of methoxy groups -OCH3 is 1. The Labute approximate surface area is 172 Å².